The van der Waals surface area contributed by atoms with Crippen molar-refractivity contribution in [2.24, 2.45) is 0 Å². The second-order valence-electron chi connectivity index (χ2n) is 3.21. The lowest BCUT2D eigenvalue weighted by molar-refractivity contribution is -0.131. The van der Waals surface area contributed by atoms with Crippen LogP contribution in [0, 0.1) is 0 Å². The first-order valence-electron chi connectivity index (χ1n) is 4.26. The van der Waals surface area contributed by atoms with Gasteiger partial charge in [-0.1, -0.05) is 0 Å². The molecule has 0 saturated carbocycles. The molecule has 0 aliphatic carbocycles. The Labute approximate surface area is 76.9 Å². The number of aliphatic hydroxyl groups is 1. The van der Waals surface area contributed by atoms with Crippen LogP contribution >= 0.6 is 0 Å². The van der Waals surface area contributed by atoms with E-state index in [9.17, 15) is 9.59 Å². The maximum Gasteiger partial charge on any atom is 0.326 e. The fourth-order valence-electron chi connectivity index (χ4n) is 1.41. The molecule has 13 heavy (non-hydrogen) atoms. The zero-order valence-electron chi connectivity index (χ0n) is 7.86. The van der Waals surface area contributed by atoms with Crippen molar-refractivity contribution in [3.63, 3.8) is 0 Å². The number of aliphatic hydroxyl groups excluding tert-OH is 1. The Morgan fingerprint density at radius 2 is 2.15 bits per heavy atom. The molecule has 0 aromatic carbocycles. The van der Waals surface area contributed by atoms with E-state index in [0.717, 1.165) is 4.90 Å². The molecule has 1 aliphatic rings. The average Bonchev–Trinajstić information content (AvgIpc) is 2.09. The van der Waals surface area contributed by atoms with E-state index in [-0.39, 0.29) is 31.1 Å². The first-order chi connectivity index (χ1) is 6.07. The second-order valence-corrected chi connectivity index (χ2v) is 3.21. The lowest BCUT2D eigenvalue weighted by Crippen LogP contribution is -2.55. The number of hydrogen-bond donors (Lipinski definition) is 1. The Bertz CT molecular complexity index is 229. The maximum absolute atomic E-state index is 11.5. The normalized spacial score (nSPS) is 24.1. The lowest BCUT2D eigenvalue weighted by atomic mass is 10.1. The largest absolute Gasteiger partial charge is 0.395 e. The molecule has 1 aliphatic heterocycles. The molecule has 1 N–H and O–H groups in total. The van der Waals surface area contributed by atoms with Crippen LogP contribution in [-0.4, -0.2) is 53.1 Å². The third kappa shape index (κ3) is 1.80. The molecule has 3 amide bonds. The molecule has 0 bridgehead atoms. The van der Waals surface area contributed by atoms with Gasteiger partial charge in [0, 0.05) is 26.1 Å². The zero-order valence-corrected chi connectivity index (χ0v) is 7.86. The van der Waals surface area contributed by atoms with Crippen molar-refractivity contribution in [3.05, 3.63) is 0 Å². The number of carbonyl (C=O) groups is 2. The summed E-state index contributed by atoms with van der Waals surface area (Å²) in [6.45, 7) is 2.02. The Balaban J connectivity index is 2.73. The van der Waals surface area contributed by atoms with E-state index >= 15 is 0 Å². The highest BCUT2D eigenvalue weighted by atomic mass is 16.3. The van der Waals surface area contributed by atoms with Gasteiger partial charge in [0.25, 0.3) is 0 Å². The number of imide groups is 1. The van der Waals surface area contributed by atoms with E-state index < -0.39 is 0 Å². The van der Waals surface area contributed by atoms with Crippen LogP contribution in [0.1, 0.15) is 13.3 Å². The molecule has 5 nitrogen and oxygen atoms in total. The van der Waals surface area contributed by atoms with Crippen molar-refractivity contribution in [2.45, 2.75) is 19.4 Å². The molecular weight excluding hydrogens is 172 g/mol. The van der Waals surface area contributed by atoms with E-state index in [1.807, 2.05) is 0 Å². The molecule has 0 aromatic heterocycles. The minimum Gasteiger partial charge on any atom is -0.395 e. The van der Waals surface area contributed by atoms with Crippen LogP contribution in [0.2, 0.25) is 0 Å². The standard InChI is InChI=1S/C8H14N2O3/c1-6-5-7(12)9(2)8(13)10(6)3-4-11/h6,11H,3-5H2,1-2H3. The summed E-state index contributed by atoms with van der Waals surface area (Å²) in [5, 5.41) is 8.71. The van der Waals surface area contributed by atoms with Crippen molar-refractivity contribution in [2.75, 3.05) is 20.2 Å². The Hall–Kier alpha value is -1.10. The number of hydrogen-bond acceptors (Lipinski definition) is 3. The highest BCUT2D eigenvalue weighted by Crippen LogP contribution is 2.14. The van der Waals surface area contributed by atoms with Gasteiger partial charge >= 0.3 is 6.03 Å². The molecule has 1 heterocycles. The minimum atomic E-state index is -0.321. The van der Waals surface area contributed by atoms with Gasteiger partial charge in [0.15, 0.2) is 0 Å². The Morgan fingerprint density at radius 1 is 1.54 bits per heavy atom. The van der Waals surface area contributed by atoms with Gasteiger partial charge in [0.05, 0.1) is 6.61 Å². The van der Waals surface area contributed by atoms with E-state index in [2.05, 4.69) is 0 Å². The third-order valence-corrected chi connectivity index (χ3v) is 2.25. The van der Waals surface area contributed by atoms with Crippen molar-refractivity contribution in [3.8, 4) is 0 Å². The smallest absolute Gasteiger partial charge is 0.326 e. The van der Waals surface area contributed by atoms with Crippen LogP contribution in [0.25, 0.3) is 0 Å². The molecule has 1 unspecified atom stereocenters. The van der Waals surface area contributed by atoms with Crippen LogP contribution in [0.3, 0.4) is 0 Å². The predicted octanol–water partition coefficient (Wildman–Crippen LogP) is -0.349. The molecule has 74 valence electrons. The number of urea groups is 1. The summed E-state index contributed by atoms with van der Waals surface area (Å²) in [4.78, 5) is 25.2. The summed E-state index contributed by atoms with van der Waals surface area (Å²) >= 11 is 0. The quantitative estimate of drug-likeness (QED) is 0.641. The molecule has 1 fully saturated rings. The Morgan fingerprint density at radius 3 is 2.69 bits per heavy atom. The van der Waals surface area contributed by atoms with Crippen molar-refractivity contribution >= 4 is 11.9 Å². The average molecular weight is 186 g/mol. The zero-order chi connectivity index (χ0) is 10.0. The molecule has 1 atom stereocenters. The van der Waals surface area contributed by atoms with Gasteiger partial charge in [0.2, 0.25) is 5.91 Å². The minimum absolute atomic E-state index is 0.0713. The number of β-amino-alcohol motifs (C(OH)–C–C–N with tert-alkyl or cyclic N) is 1. The van der Waals surface area contributed by atoms with Gasteiger partial charge in [-0.2, -0.15) is 0 Å². The number of carbonyl (C=O) groups excluding carboxylic acids is 2. The first kappa shape index (κ1) is 9.98. The topological polar surface area (TPSA) is 60.9 Å². The van der Waals surface area contributed by atoms with Gasteiger partial charge in [-0.05, 0) is 6.92 Å². The Kier molecular flexibility index (Phi) is 2.87. The summed E-state index contributed by atoms with van der Waals surface area (Å²) < 4.78 is 0. The van der Waals surface area contributed by atoms with Crippen molar-refractivity contribution in [1.29, 1.82) is 0 Å². The lowest BCUT2D eigenvalue weighted by Gasteiger charge is -2.36. The summed E-state index contributed by atoms with van der Waals surface area (Å²) in [6, 6.07) is -0.429. The molecular formula is C8H14N2O3. The van der Waals surface area contributed by atoms with E-state index in [4.69, 9.17) is 5.11 Å². The third-order valence-electron chi connectivity index (χ3n) is 2.25. The van der Waals surface area contributed by atoms with Gasteiger partial charge in [-0.3, -0.25) is 9.69 Å². The van der Waals surface area contributed by atoms with Gasteiger partial charge in [-0.25, -0.2) is 4.79 Å². The summed E-state index contributed by atoms with van der Waals surface area (Å²) in [7, 11) is 1.46. The fourth-order valence-corrected chi connectivity index (χ4v) is 1.41. The van der Waals surface area contributed by atoms with Crippen LogP contribution in [0.15, 0.2) is 0 Å². The van der Waals surface area contributed by atoms with Gasteiger partial charge in [0.1, 0.15) is 0 Å². The summed E-state index contributed by atoms with van der Waals surface area (Å²) in [5.41, 5.74) is 0. The van der Waals surface area contributed by atoms with Crippen molar-refractivity contribution in [1.82, 2.24) is 9.80 Å². The molecule has 0 aromatic rings. The van der Waals surface area contributed by atoms with Gasteiger partial charge < -0.3 is 10.0 Å². The van der Waals surface area contributed by atoms with Crippen LogP contribution in [0.5, 0.6) is 0 Å². The van der Waals surface area contributed by atoms with E-state index in [0.29, 0.717) is 6.42 Å². The summed E-state index contributed by atoms with van der Waals surface area (Å²) in [6.07, 6.45) is 0.336. The number of nitrogens with zero attached hydrogens (tertiary/aromatic N) is 2. The SMILES string of the molecule is CC1CC(=O)N(C)C(=O)N1CCO. The molecule has 1 rings (SSSR count). The summed E-state index contributed by atoms with van der Waals surface area (Å²) in [5.74, 6) is -0.160. The number of amides is 3. The fraction of sp³-hybridized carbons (Fsp3) is 0.750. The van der Waals surface area contributed by atoms with Gasteiger partial charge in [-0.15, -0.1) is 0 Å². The number of rotatable bonds is 2. The van der Waals surface area contributed by atoms with Crippen molar-refractivity contribution < 1.29 is 14.7 Å². The molecule has 5 heteroatoms. The molecule has 0 spiro atoms. The second kappa shape index (κ2) is 3.74. The maximum atomic E-state index is 11.5. The van der Waals surface area contributed by atoms with Crippen LogP contribution in [0.4, 0.5) is 4.79 Å². The van der Waals surface area contributed by atoms with E-state index in [1.165, 1.54) is 11.9 Å². The van der Waals surface area contributed by atoms with Crippen LogP contribution in [-0.2, 0) is 4.79 Å². The highest BCUT2D eigenvalue weighted by molar-refractivity contribution is 5.96. The molecule has 0 radical (unpaired) electrons. The van der Waals surface area contributed by atoms with Crippen LogP contribution < -0.4 is 0 Å². The monoisotopic (exact) mass is 186 g/mol. The molecule has 1 saturated heterocycles. The van der Waals surface area contributed by atoms with E-state index in [1.54, 1.807) is 6.92 Å². The first-order valence-corrected chi connectivity index (χ1v) is 4.26. The predicted molar refractivity (Wildman–Crippen MR) is 46.0 cm³/mol. The highest BCUT2D eigenvalue weighted by Gasteiger charge is 2.33.